The molecule has 0 heterocycles. The smallest absolute Gasteiger partial charge is 0.0995 e. The molecule has 0 saturated carbocycles. The second-order valence-corrected chi connectivity index (χ2v) is 4.06. The molecule has 0 spiro atoms. The van der Waals surface area contributed by atoms with Crippen molar-refractivity contribution >= 4 is 22.1 Å². The molecule has 3 nitrogen and oxygen atoms in total. The summed E-state index contributed by atoms with van der Waals surface area (Å²) in [5, 5.41) is 0.460. The Morgan fingerprint density at radius 2 is 1.64 bits per heavy atom. The quantitative estimate of drug-likeness (QED) is 0.596. The Balaban J connectivity index is 3.09. The van der Waals surface area contributed by atoms with Crippen molar-refractivity contribution in [2.24, 2.45) is 0 Å². The van der Waals surface area contributed by atoms with E-state index in [9.17, 15) is 4.21 Å². The van der Waals surface area contributed by atoms with E-state index in [1.54, 1.807) is 0 Å². The first kappa shape index (κ1) is 8.67. The molecule has 0 bridgehead atoms. The van der Waals surface area contributed by atoms with E-state index in [1.807, 2.05) is 0 Å². The van der Waals surface area contributed by atoms with Crippen molar-refractivity contribution < 1.29 is 13.3 Å². The molecular weight excluding hydrogens is 188 g/mol. The van der Waals surface area contributed by atoms with Crippen molar-refractivity contribution in [1.82, 2.24) is 0 Å². The van der Waals surface area contributed by atoms with Gasteiger partial charge in [0.2, 0.25) is 0 Å². The molecule has 0 radical (unpaired) electrons. The second-order valence-electron chi connectivity index (χ2n) is 2.02. The molecule has 1 rings (SSSR count). The van der Waals surface area contributed by atoms with Gasteiger partial charge in [-0.1, -0.05) is 11.6 Å². The summed E-state index contributed by atoms with van der Waals surface area (Å²) in [6, 6.07) is 5.50. The van der Waals surface area contributed by atoms with Crippen LogP contribution in [0.5, 0.6) is 0 Å². The van der Waals surface area contributed by atoms with Crippen LogP contribution in [0.2, 0.25) is 5.02 Å². The van der Waals surface area contributed by atoms with E-state index in [2.05, 4.69) is 0 Å². The van der Waals surface area contributed by atoms with E-state index in [1.165, 1.54) is 24.3 Å². The van der Waals surface area contributed by atoms with Gasteiger partial charge in [-0.25, -0.2) is 4.21 Å². The predicted octanol–water partition coefficient (Wildman–Crippen LogP) is 1.66. The van der Waals surface area contributed by atoms with Crippen molar-refractivity contribution in [3.63, 3.8) is 0 Å². The SMILES string of the molecule is O=[SH](O)(O)c1ccc(Cl)cc1. The van der Waals surface area contributed by atoms with Crippen LogP contribution in [0.1, 0.15) is 0 Å². The van der Waals surface area contributed by atoms with E-state index < -0.39 is 10.5 Å². The van der Waals surface area contributed by atoms with E-state index in [4.69, 9.17) is 20.7 Å². The zero-order valence-electron chi connectivity index (χ0n) is 5.44. The lowest BCUT2D eigenvalue weighted by molar-refractivity contribution is 0.423. The number of hydrogen-bond donors (Lipinski definition) is 3. The number of hydrogen-bond acceptors (Lipinski definition) is 1. The summed E-state index contributed by atoms with van der Waals surface area (Å²) >= 11 is 5.51. The maximum absolute atomic E-state index is 10.6. The summed E-state index contributed by atoms with van der Waals surface area (Å²) in [7, 11) is -4.10. The van der Waals surface area contributed by atoms with Crippen LogP contribution in [-0.4, -0.2) is 13.3 Å². The van der Waals surface area contributed by atoms with Crippen LogP contribution in [0.4, 0.5) is 0 Å². The Morgan fingerprint density at radius 1 is 1.18 bits per heavy atom. The molecule has 0 fully saturated rings. The van der Waals surface area contributed by atoms with E-state index in [-0.39, 0.29) is 4.90 Å². The fourth-order valence-corrected chi connectivity index (χ4v) is 1.30. The van der Waals surface area contributed by atoms with Gasteiger partial charge in [0.15, 0.2) is 0 Å². The summed E-state index contributed by atoms with van der Waals surface area (Å²) in [6.07, 6.45) is 0. The molecule has 1 aromatic rings. The van der Waals surface area contributed by atoms with Gasteiger partial charge in [0.1, 0.15) is 0 Å². The molecule has 1 aromatic carbocycles. The standard InChI is InChI=1S/C6H7ClO3S/c7-5-1-3-6(4-2-5)11(8,9)10/h1-4,11H,(H2,8,9,10). The molecule has 0 aliphatic carbocycles. The summed E-state index contributed by atoms with van der Waals surface area (Å²) in [5.74, 6) is 0. The van der Waals surface area contributed by atoms with E-state index in [0.29, 0.717) is 5.02 Å². The third-order valence-corrected chi connectivity index (χ3v) is 2.39. The summed E-state index contributed by atoms with van der Waals surface area (Å²) < 4.78 is 27.9. The number of benzene rings is 1. The van der Waals surface area contributed by atoms with Crippen LogP contribution in [-0.2, 0) is 10.5 Å². The highest BCUT2D eigenvalue weighted by molar-refractivity contribution is 7.92. The first-order chi connectivity index (χ1) is 5.00. The molecule has 62 valence electrons. The Morgan fingerprint density at radius 3 is 2.00 bits per heavy atom. The lowest BCUT2D eigenvalue weighted by Crippen LogP contribution is -2.07. The molecule has 2 N–H and O–H groups in total. The van der Waals surface area contributed by atoms with Crippen LogP contribution in [0.25, 0.3) is 0 Å². The van der Waals surface area contributed by atoms with Gasteiger partial charge in [-0.15, -0.1) is 0 Å². The zero-order valence-corrected chi connectivity index (χ0v) is 7.09. The minimum Gasteiger partial charge on any atom is -0.306 e. The van der Waals surface area contributed by atoms with Crippen LogP contribution in [0.15, 0.2) is 29.2 Å². The molecule has 0 aromatic heterocycles. The Hall–Kier alpha value is -0.420. The summed E-state index contributed by atoms with van der Waals surface area (Å²) in [4.78, 5) is -0.0121. The monoisotopic (exact) mass is 194 g/mol. The molecule has 0 amide bonds. The van der Waals surface area contributed by atoms with Crippen LogP contribution in [0, 0.1) is 0 Å². The summed E-state index contributed by atoms with van der Waals surface area (Å²) in [5.41, 5.74) is 0. The normalized spacial score (nSPS) is 13.0. The molecule has 0 unspecified atom stereocenters. The first-order valence-electron chi connectivity index (χ1n) is 2.82. The average molecular weight is 195 g/mol. The molecule has 0 aliphatic rings. The van der Waals surface area contributed by atoms with Gasteiger partial charge in [-0.2, -0.15) is 0 Å². The Bertz CT molecular complexity index is 289. The van der Waals surface area contributed by atoms with Gasteiger partial charge in [0.05, 0.1) is 15.4 Å². The molecule has 0 saturated heterocycles. The third-order valence-electron chi connectivity index (χ3n) is 1.16. The van der Waals surface area contributed by atoms with Gasteiger partial charge in [0.25, 0.3) is 0 Å². The van der Waals surface area contributed by atoms with E-state index >= 15 is 0 Å². The zero-order chi connectivity index (χ0) is 8.48. The molecule has 0 aliphatic heterocycles. The van der Waals surface area contributed by atoms with E-state index in [0.717, 1.165) is 0 Å². The minimum atomic E-state index is -4.10. The largest absolute Gasteiger partial charge is 0.306 e. The number of halogens is 1. The molecule has 5 heteroatoms. The molecule has 0 atom stereocenters. The highest BCUT2D eigenvalue weighted by atomic mass is 35.5. The van der Waals surface area contributed by atoms with Crippen LogP contribution >= 0.6 is 11.6 Å². The van der Waals surface area contributed by atoms with Crippen LogP contribution in [0.3, 0.4) is 0 Å². The fourth-order valence-electron chi connectivity index (χ4n) is 0.635. The third kappa shape index (κ3) is 2.27. The van der Waals surface area contributed by atoms with Gasteiger partial charge in [-0.3, -0.25) is 0 Å². The van der Waals surface area contributed by atoms with Crippen molar-refractivity contribution in [1.29, 1.82) is 0 Å². The van der Waals surface area contributed by atoms with Gasteiger partial charge < -0.3 is 9.11 Å². The molecular formula is C6H7ClO3S. The van der Waals surface area contributed by atoms with Crippen LogP contribution < -0.4 is 0 Å². The Kier molecular flexibility index (Phi) is 2.29. The lowest BCUT2D eigenvalue weighted by atomic mass is 10.4. The van der Waals surface area contributed by atoms with Crippen molar-refractivity contribution in [2.75, 3.05) is 0 Å². The fraction of sp³-hybridized carbons (Fsp3) is 0. The second kappa shape index (κ2) is 2.91. The van der Waals surface area contributed by atoms with Gasteiger partial charge in [-0.05, 0) is 24.3 Å². The first-order valence-corrected chi connectivity index (χ1v) is 4.81. The van der Waals surface area contributed by atoms with Crippen molar-refractivity contribution in [3.8, 4) is 0 Å². The summed E-state index contributed by atoms with van der Waals surface area (Å²) in [6.45, 7) is 0. The van der Waals surface area contributed by atoms with Gasteiger partial charge >= 0.3 is 0 Å². The van der Waals surface area contributed by atoms with Gasteiger partial charge in [0, 0.05) is 5.02 Å². The minimum absolute atomic E-state index is 0.0121. The molecule has 11 heavy (non-hydrogen) atoms. The highest BCUT2D eigenvalue weighted by Gasteiger charge is 2.06. The van der Waals surface area contributed by atoms with Crippen molar-refractivity contribution in [2.45, 2.75) is 4.90 Å². The maximum atomic E-state index is 10.6. The topological polar surface area (TPSA) is 57.5 Å². The van der Waals surface area contributed by atoms with Crippen molar-refractivity contribution in [3.05, 3.63) is 29.3 Å². The lowest BCUT2D eigenvalue weighted by Gasteiger charge is -2.09. The average Bonchev–Trinajstić information content (AvgIpc) is 1.86. The predicted molar refractivity (Wildman–Crippen MR) is 44.5 cm³/mol. The number of thiol groups is 1. The number of rotatable bonds is 1. The Labute approximate surface area is 70.1 Å². The maximum Gasteiger partial charge on any atom is 0.0995 e. The highest BCUT2D eigenvalue weighted by Crippen LogP contribution is 2.15.